The van der Waals surface area contributed by atoms with E-state index in [0.29, 0.717) is 12.5 Å². The molecule has 0 bridgehead atoms. The van der Waals surface area contributed by atoms with Crippen LogP contribution in [0.5, 0.6) is 0 Å². The minimum Gasteiger partial charge on any atom is -0.399 e. The van der Waals surface area contributed by atoms with Crippen LogP contribution in [0.4, 0.5) is 10.1 Å². The lowest BCUT2D eigenvalue weighted by atomic mass is 10.3. The predicted octanol–water partition coefficient (Wildman–Crippen LogP) is 1.11. The lowest BCUT2D eigenvalue weighted by molar-refractivity contribution is 0.129. The molecule has 1 aromatic rings. The summed E-state index contributed by atoms with van der Waals surface area (Å²) in [6, 6.07) is 3.45. The highest BCUT2D eigenvalue weighted by atomic mass is 32.2. The van der Waals surface area contributed by atoms with Crippen LogP contribution in [0.2, 0.25) is 0 Å². The third-order valence-electron chi connectivity index (χ3n) is 2.83. The Labute approximate surface area is 112 Å². The van der Waals surface area contributed by atoms with Crippen molar-refractivity contribution in [1.29, 1.82) is 0 Å². The van der Waals surface area contributed by atoms with Gasteiger partial charge in [-0.05, 0) is 37.0 Å². The van der Waals surface area contributed by atoms with Gasteiger partial charge in [-0.25, -0.2) is 17.5 Å². The van der Waals surface area contributed by atoms with Gasteiger partial charge in [0.2, 0.25) is 10.0 Å². The van der Waals surface area contributed by atoms with Crippen molar-refractivity contribution in [1.82, 2.24) is 4.72 Å². The summed E-state index contributed by atoms with van der Waals surface area (Å²) >= 11 is 0. The highest BCUT2D eigenvalue weighted by Gasteiger charge is 2.21. The number of hydrogen-bond donors (Lipinski definition) is 2. The average Bonchev–Trinajstić information content (AvgIpc) is 3.15. The van der Waals surface area contributed by atoms with Crippen molar-refractivity contribution in [3.8, 4) is 0 Å². The van der Waals surface area contributed by atoms with Crippen molar-refractivity contribution in [2.75, 3.05) is 25.5 Å². The molecule has 0 radical (unpaired) electrons. The maximum absolute atomic E-state index is 13.4. The number of hydrogen-bond acceptors (Lipinski definition) is 4. The van der Waals surface area contributed by atoms with Gasteiger partial charge in [-0.3, -0.25) is 0 Å². The van der Waals surface area contributed by atoms with Crippen LogP contribution < -0.4 is 10.5 Å². The zero-order chi connectivity index (χ0) is 13.9. The first-order valence-electron chi connectivity index (χ1n) is 6.11. The van der Waals surface area contributed by atoms with Gasteiger partial charge in [0.05, 0.1) is 6.61 Å². The van der Waals surface area contributed by atoms with Gasteiger partial charge in [-0.15, -0.1) is 0 Å². The smallest absolute Gasteiger partial charge is 0.243 e. The molecule has 7 heteroatoms. The Morgan fingerprint density at radius 1 is 1.42 bits per heavy atom. The van der Waals surface area contributed by atoms with Gasteiger partial charge in [0.25, 0.3) is 0 Å². The first-order chi connectivity index (χ1) is 8.99. The molecule has 1 aromatic carbocycles. The van der Waals surface area contributed by atoms with E-state index in [1.54, 1.807) is 0 Å². The Kier molecular flexibility index (Phi) is 4.38. The highest BCUT2D eigenvalue weighted by molar-refractivity contribution is 7.89. The third-order valence-corrected chi connectivity index (χ3v) is 4.31. The molecule has 1 aliphatic rings. The fraction of sp³-hybridized carbons (Fsp3) is 0.500. The standard InChI is InChI=1S/C12H17FN2O3S/c13-11-4-3-10(14)7-12(11)19(16,17)15-5-6-18-8-9-1-2-9/h3-4,7,9,15H,1-2,5-6,8,14H2. The first-order valence-corrected chi connectivity index (χ1v) is 7.60. The van der Waals surface area contributed by atoms with E-state index in [-0.39, 0.29) is 18.8 Å². The quantitative estimate of drug-likeness (QED) is 0.582. The number of anilines is 1. The Morgan fingerprint density at radius 3 is 2.84 bits per heavy atom. The Morgan fingerprint density at radius 2 is 2.16 bits per heavy atom. The topological polar surface area (TPSA) is 81.4 Å². The fourth-order valence-corrected chi connectivity index (χ4v) is 2.71. The van der Waals surface area contributed by atoms with Crippen LogP contribution in [-0.2, 0) is 14.8 Å². The maximum Gasteiger partial charge on any atom is 0.243 e. The van der Waals surface area contributed by atoms with Crippen LogP contribution in [0.25, 0.3) is 0 Å². The Balaban J connectivity index is 1.87. The number of benzene rings is 1. The summed E-state index contributed by atoms with van der Waals surface area (Å²) in [5.74, 6) is -0.191. The molecule has 0 spiro atoms. The molecule has 1 aliphatic carbocycles. The van der Waals surface area contributed by atoms with Gasteiger partial charge in [0.1, 0.15) is 10.7 Å². The summed E-state index contributed by atoms with van der Waals surface area (Å²) in [6.07, 6.45) is 2.36. The molecular formula is C12H17FN2O3S. The van der Waals surface area contributed by atoms with E-state index >= 15 is 0 Å². The monoisotopic (exact) mass is 288 g/mol. The summed E-state index contributed by atoms with van der Waals surface area (Å²) in [7, 11) is -3.88. The summed E-state index contributed by atoms with van der Waals surface area (Å²) in [6.45, 7) is 1.05. The molecule has 0 aromatic heterocycles. The molecule has 2 rings (SSSR count). The highest BCUT2D eigenvalue weighted by Crippen LogP contribution is 2.28. The summed E-state index contributed by atoms with van der Waals surface area (Å²) < 4.78 is 44.7. The van der Waals surface area contributed by atoms with Crippen LogP contribution in [0.1, 0.15) is 12.8 Å². The number of nitrogens with two attached hydrogens (primary N) is 1. The van der Waals surface area contributed by atoms with E-state index in [9.17, 15) is 12.8 Å². The second kappa shape index (κ2) is 5.85. The van der Waals surface area contributed by atoms with E-state index in [1.807, 2.05) is 0 Å². The predicted molar refractivity (Wildman–Crippen MR) is 69.5 cm³/mol. The molecule has 0 aliphatic heterocycles. The van der Waals surface area contributed by atoms with Crippen molar-refractivity contribution in [2.24, 2.45) is 5.92 Å². The summed E-state index contributed by atoms with van der Waals surface area (Å²) in [4.78, 5) is -0.435. The van der Waals surface area contributed by atoms with Gasteiger partial charge in [0, 0.05) is 18.8 Å². The number of rotatable bonds is 7. The maximum atomic E-state index is 13.4. The van der Waals surface area contributed by atoms with Crippen molar-refractivity contribution < 1.29 is 17.5 Å². The third kappa shape index (κ3) is 4.15. The normalized spacial score (nSPS) is 15.6. The van der Waals surface area contributed by atoms with E-state index in [1.165, 1.54) is 18.9 Å². The van der Waals surface area contributed by atoms with Gasteiger partial charge < -0.3 is 10.5 Å². The van der Waals surface area contributed by atoms with Crippen molar-refractivity contribution in [2.45, 2.75) is 17.7 Å². The van der Waals surface area contributed by atoms with Gasteiger partial charge in [-0.2, -0.15) is 0 Å². The largest absolute Gasteiger partial charge is 0.399 e. The minimum absolute atomic E-state index is 0.114. The van der Waals surface area contributed by atoms with Crippen molar-refractivity contribution >= 4 is 15.7 Å². The van der Waals surface area contributed by atoms with Crippen LogP contribution >= 0.6 is 0 Å². The molecule has 5 nitrogen and oxygen atoms in total. The van der Waals surface area contributed by atoms with Gasteiger partial charge in [-0.1, -0.05) is 0 Å². The number of halogens is 1. The van der Waals surface area contributed by atoms with Crippen LogP contribution in [0.3, 0.4) is 0 Å². The lowest BCUT2D eigenvalue weighted by Crippen LogP contribution is -2.28. The van der Waals surface area contributed by atoms with Crippen molar-refractivity contribution in [3.63, 3.8) is 0 Å². The van der Waals surface area contributed by atoms with E-state index < -0.39 is 20.7 Å². The molecule has 1 fully saturated rings. The number of nitrogen functional groups attached to an aromatic ring is 1. The van der Waals surface area contributed by atoms with Crippen LogP contribution in [-0.4, -0.2) is 28.2 Å². The molecular weight excluding hydrogens is 271 g/mol. The zero-order valence-corrected chi connectivity index (χ0v) is 11.2. The fourth-order valence-electron chi connectivity index (χ4n) is 1.59. The molecule has 19 heavy (non-hydrogen) atoms. The number of ether oxygens (including phenoxy) is 1. The van der Waals surface area contributed by atoms with Gasteiger partial charge in [0.15, 0.2) is 0 Å². The van der Waals surface area contributed by atoms with Crippen LogP contribution in [0.15, 0.2) is 23.1 Å². The summed E-state index contributed by atoms with van der Waals surface area (Å²) in [5, 5.41) is 0. The minimum atomic E-state index is -3.88. The molecule has 0 heterocycles. The molecule has 0 amide bonds. The Hall–Kier alpha value is -1.18. The first kappa shape index (κ1) is 14.2. The second-order valence-corrected chi connectivity index (χ2v) is 6.34. The van der Waals surface area contributed by atoms with E-state index in [2.05, 4.69) is 4.72 Å². The van der Waals surface area contributed by atoms with Crippen LogP contribution in [0, 0.1) is 11.7 Å². The molecule has 0 unspecified atom stereocenters. The average molecular weight is 288 g/mol. The number of sulfonamides is 1. The van der Waals surface area contributed by atoms with E-state index in [0.717, 1.165) is 12.1 Å². The van der Waals surface area contributed by atoms with Gasteiger partial charge >= 0.3 is 0 Å². The summed E-state index contributed by atoms with van der Waals surface area (Å²) in [5.41, 5.74) is 5.66. The second-order valence-electron chi connectivity index (χ2n) is 4.61. The van der Waals surface area contributed by atoms with E-state index in [4.69, 9.17) is 10.5 Å². The van der Waals surface area contributed by atoms with Crippen molar-refractivity contribution in [3.05, 3.63) is 24.0 Å². The number of nitrogens with one attached hydrogen (secondary N) is 1. The molecule has 3 N–H and O–H groups in total. The zero-order valence-electron chi connectivity index (χ0n) is 10.4. The lowest BCUT2D eigenvalue weighted by Gasteiger charge is -2.08. The SMILES string of the molecule is Nc1ccc(F)c(S(=O)(=O)NCCOCC2CC2)c1. The Bertz CT molecular complexity index is 544. The molecule has 1 saturated carbocycles. The molecule has 0 atom stereocenters. The molecule has 106 valence electrons. The molecule has 0 saturated heterocycles.